The van der Waals surface area contributed by atoms with Gasteiger partial charge in [-0.1, -0.05) is 0 Å². The molecule has 1 aromatic heterocycles. The van der Waals surface area contributed by atoms with Gasteiger partial charge in [0.25, 0.3) is 0 Å². The van der Waals surface area contributed by atoms with Gasteiger partial charge in [-0.15, -0.1) is 0 Å². The van der Waals surface area contributed by atoms with E-state index < -0.39 is 0 Å². The first-order valence-corrected chi connectivity index (χ1v) is 6.22. The van der Waals surface area contributed by atoms with Gasteiger partial charge in [0.15, 0.2) is 0 Å². The van der Waals surface area contributed by atoms with E-state index in [0.29, 0.717) is 0 Å². The molecule has 0 radical (unpaired) electrons. The summed E-state index contributed by atoms with van der Waals surface area (Å²) in [5, 5.41) is 4.18. The third-order valence-electron chi connectivity index (χ3n) is 3.64. The van der Waals surface area contributed by atoms with Crippen LogP contribution in [-0.4, -0.2) is 28.0 Å². The third kappa shape index (κ3) is 2.86. The monoisotopic (exact) mass is 238 g/mol. The summed E-state index contributed by atoms with van der Waals surface area (Å²) < 4.78 is 7.74. The molecule has 2 rings (SSSR count). The summed E-state index contributed by atoms with van der Waals surface area (Å²) in [6.45, 7) is 2.98. The van der Waals surface area contributed by atoms with Crippen molar-refractivity contribution >= 4 is 0 Å². The molecule has 1 aliphatic heterocycles. The van der Waals surface area contributed by atoms with Crippen molar-refractivity contribution in [2.45, 2.75) is 44.2 Å². The highest BCUT2D eigenvalue weighted by Gasteiger charge is 2.36. The second kappa shape index (κ2) is 5.16. The van der Waals surface area contributed by atoms with Crippen molar-refractivity contribution < 1.29 is 4.74 Å². The minimum Gasteiger partial charge on any atom is -0.374 e. The highest BCUT2D eigenvalue weighted by molar-refractivity contribution is 5.09. The van der Waals surface area contributed by atoms with Crippen LogP contribution < -0.4 is 11.3 Å². The average Bonchev–Trinajstić information content (AvgIpc) is 2.72. The normalized spacial score (nSPS) is 27.0. The van der Waals surface area contributed by atoms with E-state index in [9.17, 15) is 0 Å². The number of aryl methyl sites for hydroxylation is 1. The zero-order valence-corrected chi connectivity index (χ0v) is 10.6. The van der Waals surface area contributed by atoms with Gasteiger partial charge in [0.05, 0.1) is 17.8 Å². The molecule has 2 heterocycles. The van der Waals surface area contributed by atoms with Gasteiger partial charge in [0.2, 0.25) is 0 Å². The summed E-state index contributed by atoms with van der Waals surface area (Å²) in [6, 6.07) is 0.131. The molecule has 0 bridgehead atoms. The summed E-state index contributed by atoms with van der Waals surface area (Å²) in [4.78, 5) is 0. The number of hydrogen-bond acceptors (Lipinski definition) is 4. The number of rotatable bonds is 4. The van der Waals surface area contributed by atoms with Crippen LogP contribution in [0.5, 0.6) is 0 Å². The van der Waals surface area contributed by atoms with E-state index in [1.807, 2.05) is 24.1 Å². The number of nitrogens with one attached hydrogen (secondary N) is 1. The quantitative estimate of drug-likeness (QED) is 0.600. The minimum atomic E-state index is -0.164. The van der Waals surface area contributed by atoms with Crippen LogP contribution in [0.25, 0.3) is 0 Å². The SMILES string of the molecule is Cn1cc(CC(NN)C2(C)CCCCO2)cn1. The van der Waals surface area contributed by atoms with Crippen LogP contribution in [0.15, 0.2) is 12.4 Å². The zero-order chi connectivity index (χ0) is 12.3. The zero-order valence-electron chi connectivity index (χ0n) is 10.6. The Kier molecular flexibility index (Phi) is 3.81. The summed E-state index contributed by atoms with van der Waals surface area (Å²) in [7, 11) is 1.92. The molecule has 1 aromatic rings. The van der Waals surface area contributed by atoms with Crippen LogP contribution >= 0.6 is 0 Å². The van der Waals surface area contributed by atoms with E-state index >= 15 is 0 Å². The topological polar surface area (TPSA) is 65.1 Å². The van der Waals surface area contributed by atoms with E-state index in [0.717, 1.165) is 25.9 Å². The van der Waals surface area contributed by atoms with Crippen LogP contribution in [0.1, 0.15) is 31.7 Å². The highest BCUT2D eigenvalue weighted by atomic mass is 16.5. The Balaban J connectivity index is 2.05. The predicted octanol–water partition coefficient (Wildman–Crippen LogP) is 0.754. The summed E-state index contributed by atoms with van der Waals surface area (Å²) >= 11 is 0. The lowest BCUT2D eigenvalue weighted by Gasteiger charge is -2.40. The lowest BCUT2D eigenvalue weighted by Crippen LogP contribution is -2.55. The van der Waals surface area contributed by atoms with Gasteiger partial charge in [-0.3, -0.25) is 16.0 Å². The minimum absolute atomic E-state index is 0.131. The first kappa shape index (κ1) is 12.5. The fourth-order valence-corrected chi connectivity index (χ4v) is 2.49. The van der Waals surface area contributed by atoms with Crippen molar-refractivity contribution in [3.8, 4) is 0 Å². The number of hydrogen-bond donors (Lipinski definition) is 2. The fraction of sp³-hybridized carbons (Fsp3) is 0.750. The van der Waals surface area contributed by atoms with Crippen LogP contribution in [0, 0.1) is 0 Å². The van der Waals surface area contributed by atoms with E-state index in [4.69, 9.17) is 10.6 Å². The maximum Gasteiger partial charge on any atom is 0.0823 e. The molecular formula is C12H22N4O. The standard InChI is InChI=1S/C12H22N4O/c1-12(5-3-4-6-17-12)11(15-13)7-10-8-14-16(2)9-10/h8-9,11,15H,3-7,13H2,1-2H3. The number of hydrazine groups is 1. The Morgan fingerprint density at radius 3 is 3.00 bits per heavy atom. The smallest absolute Gasteiger partial charge is 0.0823 e. The molecule has 2 atom stereocenters. The van der Waals surface area contributed by atoms with Crippen LogP contribution in [0.2, 0.25) is 0 Å². The molecule has 0 amide bonds. The lowest BCUT2D eigenvalue weighted by molar-refractivity contribution is -0.0884. The third-order valence-corrected chi connectivity index (χ3v) is 3.64. The first-order chi connectivity index (χ1) is 8.14. The molecule has 1 aliphatic rings. The molecule has 3 N–H and O–H groups in total. The van der Waals surface area contributed by atoms with Crippen molar-refractivity contribution in [3.05, 3.63) is 18.0 Å². The van der Waals surface area contributed by atoms with Crippen molar-refractivity contribution in [1.29, 1.82) is 0 Å². The Labute approximate surface area is 102 Å². The van der Waals surface area contributed by atoms with Crippen LogP contribution in [0.4, 0.5) is 0 Å². The van der Waals surface area contributed by atoms with Gasteiger partial charge in [-0.05, 0) is 38.2 Å². The van der Waals surface area contributed by atoms with E-state index in [1.54, 1.807) is 0 Å². The van der Waals surface area contributed by atoms with Crippen molar-refractivity contribution in [3.63, 3.8) is 0 Å². The van der Waals surface area contributed by atoms with Gasteiger partial charge >= 0.3 is 0 Å². The number of nitrogens with zero attached hydrogens (tertiary/aromatic N) is 2. The molecule has 5 heteroatoms. The number of aromatic nitrogens is 2. The molecule has 0 aromatic carbocycles. The van der Waals surface area contributed by atoms with Crippen molar-refractivity contribution in [1.82, 2.24) is 15.2 Å². The molecule has 1 fully saturated rings. The predicted molar refractivity (Wildman–Crippen MR) is 66.2 cm³/mol. The number of nitrogens with two attached hydrogens (primary N) is 1. The highest BCUT2D eigenvalue weighted by Crippen LogP contribution is 2.29. The number of ether oxygens (including phenoxy) is 1. The summed E-state index contributed by atoms with van der Waals surface area (Å²) in [5.41, 5.74) is 3.93. The van der Waals surface area contributed by atoms with Crippen LogP contribution in [-0.2, 0) is 18.2 Å². The maximum absolute atomic E-state index is 5.93. The van der Waals surface area contributed by atoms with Gasteiger partial charge in [-0.25, -0.2) is 0 Å². The van der Waals surface area contributed by atoms with E-state index in [-0.39, 0.29) is 11.6 Å². The molecule has 2 unspecified atom stereocenters. The maximum atomic E-state index is 5.93. The van der Waals surface area contributed by atoms with Gasteiger partial charge in [-0.2, -0.15) is 5.10 Å². The van der Waals surface area contributed by atoms with Crippen molar-refractivity contribution in [2.75, 3.05) is 6.61 Å². The largest absolute Gasteiger partial charge is 0.374 e. The first-order valence-electron chi connectivity index (χ1n) is 6.22. The second-order valence-corrected chi connectivity index (χ2v) is 5.06. The molecule has 96 valence electrons. The summed E-state index contributed by atoms with van der Waals surface area (Å²) in [5.74, 6) is 5.69. The Bertz CT molecular complexity index is 357. The Hall–Kier alpha value is -0.910. The fourth-order valence-electron chi connectivity index (χ4n) is 2.49. The summed E-state index contributed by atoms with van der Waals surface area (Å²) in [6.07, 6.45) is 8.18. The van der Waals surface area contributed by atoms with Gasteiger partial charge in [0, 0.05) is 19.9 Å². The van der Waals surface area contributed by atoms with Gasteiger partial charge < -0.3 is 4.74 Å². The molecule has 0 spiro atoms. The van der Waals surface area contributed by atoms with Crippen LogP contribution in [0.3, 0.4) is 0 Å². The Morgan fingerprint density at radius 1 is 1.65 bits per heavy atom. The molecule has 0 aliphatic carbocycles. The molecular weight excluding hydrogens is 216 g/mol. The van der Waals surface area contributed by atoms with E-state index in [2.05, 4.69) is 17.4 Å². The second-order valence-electron chi connectivity index (χ2n) is 5.06. The molecule has 1 saturated heterocycles. The average molecular weight is 238 g/mol. The molecule has 17 heavy (non-hydrogen) atoms. The molecule has 5 nitrogen and oxygen atoms in total. The molecule has 0 saturated carbocycles. The van der Waals surface area contributed by atoms with Crippen molar-refractivity contribution in [2.24, 2.45) is 12.9 Å². The Morgan fingerprint density at radius 2 is 2.47 bits per heavy atom. The lowest BCUT2D eigenvalue weighted by atomic mass is 9.85. The van der Waals surface area contributed by atoms with Gasteiger partial charge in [0.1, 0.15) is 0 Å². The van der Waals surface area contributed by atoms with E-state index in [1.165, 1.54) is 12.0 Å².